The number of carboxylic acids is 1. The molecular formula is C8H7ClN4O2S. The molecule has 0 fully saturated rings. The smallest absolute Gasteiger partial charge is 0.325 e. The largest absolute Gasteiger partial charge is 0.480 e. The molecule has 0 spiro atoms. The van der Waals surface area contributed by atoms with Gasteiger partial charge in [-0.25, -0.2) is 15.0 Å². The summed E-state index contributed by atoms with van der Waals surface area (Å²) in [6.07, 6.45) is 1.50. The maximum Gasteiger partial charge on any atom is 0.325 e. The predicted octanol–water partition coefficient (Wildman–Crippen LogP) is 1.62. The minimum absolute atomic E-state index is 0.147. The molecule has 0 saturated carbocycles. The predicted molar refractivity (Wildman–Crippen MR) is 60.9 cm³/mol. The fourth-order valence-corrected chi connectivity index (χ4v) is 2.11. The van der Waals surface area contributed by atoms with E-state index in [4.69, 9.17) is 16.7 Å². The minimum Gasteiger partial charge on any atom is -0.480 e. The molecule has 0 aliphatic carbocycles. The van der Waals surface area contributed by atoms with Gasteiger partial charge in [0.2, 0.25) is 5.28 Å². The first-order chi connectivity index (χ1) is 7.56. The fourth-order valence-electron chi connectivity index (χ4n) is 1.02. The van der Waals surface area contributed by atoms with Crippen LogP contribution in [0.1, 0.15) is 6.92 Å². The van der Waals surface area contributed by atoms with Crippen molar-refractivity contribution in [1.29, 1.82) is 0 Å². The van der Waals surface area contributed by atoms with Gasteiger partial charge in [0.15, 0.2) is 5.13 Å². The van der Waals surface area contributed by atoms with Crippen LogP contribution in [0.4, 0.5) is 5.13 Å². The zero-order valence-electron chi connectivity index (χ0n) is 8.14. The molecule has 0 radical (unpaired) electrons. The van der Waals surface area contributed by atoms with Crippen molar-refractivity contribution in [1.82, 2.24) is 15.0 Å². The fraction of sp³-hybridized carbons (Fsp3) is 0.250. The number of hydrogen-bond acceptors (Lipinski definition) is 6. The lowest BCUT2D eigenvalue weighted by Gasteiger charge is -2.05. The number of nitrogens with one attached hydrogen (secondary N) is 1. The average molecular weight is 259 g/mol. The van der Waals surface area contributed by atoms with E-state index in [0.29, 0.717) is 15.5 Å². The van der Waals surface area contributed by atoms with E-state index in [0.717, 1.165) is 0 Å². The molecule has 0 amide bonds. The number of aliphatic carboxylic acids is 1. The normalized spacial score (nSPS) is 12.6. The van der Waals surface area contributed by atoms with Crippen molar-refractivity contribution in [2.45, 2.75) is 13.0 Å². The molecule has 0 aliphatic heterocycles. The molecule has 0 aromatic carbocycles. The maximum absolute atomic E-state index is 10.6. The number of carbonyl (C=O) groups is 1. The minimum atomic E-state index is -0.941. The molecule has 2 aromatic rings. The SMILES string of the molecule is CC(Nc1nc2cnc(Cl)nc2s1)C(=O)O. The number of fused-ring (bicyclic) bond motifs is 1. The third kappa shape index (κ3) is 2.20. The summed E-state index contributed by atoms with van der Waals surface area (Å²) in [7, 11) is 0. The first-order valence-electron chi connectivity index (χ1n) is 4.34. The summed E-state index contributed by atoms with van der Waals surface area (Å²) in [6.45, 7) is 1.53. The van der Waals surface area contributed by atoms with Gasteiger partial charge in [-0.3, -0.25) is 4.79 Å². The highest BCUT2D eigenvalue weighted by molar-refractivity contribution is 7.21. The molecule has 1 atom stereocenters. The standard InChI is InChI=1S/C8H7ClN4O2S/c1-3(6(14)15)11-8-12-4-2-10-7(9)13-5(4)16-8/h2-3H,1H3,(H,11,12)(H,14,15). The van der Waals surface area contributed by atoms with E-state index in [1.807, 2.05) is 0 Å². The lowest BCUT2D eigenvalue weighted by atomic mass is 10.4. The zero-order valence-corrected chi connectivity index (χ0v) is 9.71. The van der Waals surface area contributed by atoms with E-state index in [9.17, 15) is 4.79 Å². The Labute approximate surface area is 99.3 Å². The van der Waals surface area contributed by atoms with Crippen LogP contribution in [0, 0.1) is 0 Å². The van der Waals surface area contributed by atoms with Crippen LogP contribution in [0.2, 0.25) is 5.28 Å². The van der Waals surface area contributed by atoms with E-state index in [-0.39, 0.29) is 5.28 Å². The number of anilines is 1. The Morgan fingerprint density at radius 2 is 2.38 bits per heavy atom. The molecule has 84 valence electrons. The van der Waals surface area contributed by atoms with Crippen LogP contribution in [-0.2, 0) is 4.79 Å². The van der Waals surface area contributed by atoms with Gasteiger partial charge in [0.1, 0.15) is 16.4 Å². The molecule has 1 unspecified atom stereocenters. The molecule has 2 heterocycles. The van der Waals surface area contributed by atoms with Crippen molar-refractivity contribution in [3.8, 4) is 0 Å². The van der Waals surface area contributed by atoms with Gasteiger partial charge in [-0.2, -0.15) is 0 Å². The van der Waals surface area contributed by atoms with Gasteiger partial charge in [0, 0.05) is 0 Å². The Morgan fingerprint density at radius 1 is 1.62 bits per heavy atom. The van der Waals surface area contributed by atoms with Crippen LogP contribution in [0.15, 0.2) is 6.20 Å². The third-order valence-electron chi connectivity index (χ3n) is 1.83. The Hall–Kier alpha value is -1.47. The van der Waals surface area contributed by atoms with Gasteiger partial charge < -0.3 is 10.4 Å². The van der Waals surface area contributed by atoms with Crippen molar-refractivity contribution in [2.24, 2.45) is 0 Å². The van der Waals surface area contributed by atoms with E-state index in [1.165, 1.54) is 24.5 Å². The summed E-state index contributed by atoms with van der Waals surface area (Å²) < 4.78 is 0. The molecular weight excluding hydrogens is 252 g/mol. The van der Waals surface area contributed by atoms with Crippen molar-refractivity contribution < 1.29 is 9.90 Å². The van der Waals surface area contributed by atoms with Gasteiger partial charge in [0.25, 0.3) is 0 Å². The lowest BCUT2D eigenvalue weighted by molar-refractivity contribution is -0.137. The molecule has 6 nitrogen and oxygen atoms in total. The summed E-state index contributed by atoms with van der Waals surface area (Å²) in [5.41, 5.74) is 0.592. The first kappa shape index (κ1) is 11.0. The monoisotopic (exact) mass is 258 g/mol. The maximum atomic E-state index is 10.6. The van der Waals surface area contributed by atoms with Crippen LogP contribution in [-0.4, -0.2) is 32.1 Å². The second kappa shape index (κ2) is 4.18. The van der Waals surface area contributed by atoms with Crippen LogP contribution in [0.5, 0.6) is 0 Å². The van der Waals surface area contributed by atoms with E-state index in [1.54, 1.807) is 0 Å². The number of halogens is 1. The Balaban J connectivity index is 2.29. The van der Waals surface area contributed by atoms with Crippen molar-refractivity contribution in [3.05, 3.63) is 11.5 Å². The van der Waals surface area contributed by atoms with Gasteiger partial charge in [-0.05, 0) is 18.5 Å². The van der Waals surface area contributed by atoms with Gasteiger partial charge in [-0.1, -0.05) is 11.3 Å². The van der Waals surface area contributed by atoms with Crippen molar-refractivity contribution in [3.63, 3.8) is 0 Å². The van der Waals surface area contributed by atoms with E-state index in [2.05, 4.69) is 20.3 Å². The quantitative estimate of drug-likeness (QED) is 0.814. The summed E-state index contributed by atoms with van der Waals surface area (Å²) in [5, 5.41) is 12.1. The number of nitrogens with zero attached hydrogens (tertiary/aromatic N) is 3. The lowest BCUT2D eigenvalue weighted by Crippen LogP contribution is -2.25. The molecule has 2 N–H and O–H groups in total. The van der Waals surface area contributed by atoms with Crippen molar-refractivity contribution in [2.75, 3.05) is 5.32 Å². The number of thiazole rings is 1. The molecule has 16 heavy (non-hydrogen) atoms. The summed E-state index contributed by atoms with van der Waals surface area (Å²) in [4.78, 5) is 23.2. The van der Waals surface area contributed by atoms with Crippen LogP contribution >= 0.6 is 22.9 Å². The highest BCUT2D eigenvalue weighted by Gasteiger charge is 2.13. The van der Waals surface area contributed by atoms with Crippen molar-refractivity contribution >= 4 is 44.4 Å². The second-order valence-electron chi connectivity index (χ2n) is 3.05. The number of rotatable bonds is 3. The van der Waals surface area contributed by atoms with E-state index < -0.39 is 12.0 Å². The molecule has 8 heteroatoms. The Bertz CT molecular complexity index is 544. The highest BCUT2D eigenvalue weighted by Crippen LogP contribution is 2.24. The molecule has 2 rings (SSSR count). The number of aromatic nitrogens is 3. The third-order valence-corrected chi connectivity index (χ3v) is 2.91. The average Bonchev–Trinajstić information content (AvgIpc) is 2.58. The van der Waals surface area contributed by atoms with Crippen LogP contribution in [0.3, 0.4) is 0 Å². The van der Waals surface area contributed by atoms with E-state index >= 15 is 0 Å². The highest BCUT2D eigenvalue weighted by atomic mass is 35.5. The summed E-state index contributed by atoms with van der Waals surface area (Å²) in [6, 6.07) is -0.705. The van der Waals surface area contributed by atoms with Gasteiger partial charge in [-0.15, -0.1) is 0 Å². The van der Waals surface area contributed by atoms with Gasteiger partial charge >= 0.3 is 5.97 Å². The first-order valence-corrected chi connectivity index (χ1v) is 5.54. The second-order valence-corrected chi connectivity index (χ2v) is 4.37. The van der Waals surface area contributed by atoms with Crippen LogP contribution in [0.25, 0.3) is 10.3 Å². The summed E-state index contributed by atoms with van der Waals surface area (Å²) >= 11 is 6.86. The zero-order chi connectivity index (χ0) is 11.7. The molecule has 0 aliphatic rings. The Morgan fingerprint density at radius 3 is 3.06 bits per heavy atom. The molecule has 2 aromatic heterocycles. The van der Waals surface area contributed by atoms with Crippen LogP contribution < -0.4 is 5.32 Å². The Kier molecular flexibility index (Phi) is 2.88. The molecule has 0 saturated heterocycles. The molecule has 0 bridgehead atoms. The topological polar surface area (TPSA) is 88.0 Å². The van der Waals surface area contributed by atoms with Gasteiger partial charge in [0.05, 0.1) is 6.20 Å². The summed E-state index contributed by atoms with van der Waals surface area (Å²) in [5.74, 6) is -0.941. The number of hydrogen-bond donors (Lipinski definition) is 2. The number of carboxylic acid groups (broad SMARTS) is 1.